The Morgan fingerprint density at radius 2 is 1.91 bits per heavy atom. The predicted octanol–water partition coefficient (Wildman–Crippen LogP) is 2.49. The molecule has 0 saturated heterocycles. The lowest BCUT2D eigenvalue weighted by Crippen LogP contribution is -2.25. The smallest absolute Gasteiger partial charge is 0.305 e. The number of esters is 1. The molecule has 0 fully saturated rings. The summed E-state index contributed by atoms with van der Waals surface area (Å²) in [5.74, 6) is -0.255. The summed E-state index contributed by atoms with van der Waals surface area (Å²) in [6.45, 7) is 6.75. The van der Waals surface area contributed by atoms with E-state index in [0.717, 1.165) is 25.7 Å². The molecule has 1 aromatic heterocycles. The highest BCUT2D eigenvalue weighted by molar-refractivity contribution is 5.93. The number of carbonyl (C=O) groups excluding carboxylic acids is 2. The number of ether oxygens (including phenoxy) is 1. The molecule has 124 valence electrons. The van der Waals surface area contributed by atoms with E-state index in [-0.39, 0.29) is 17.4 Å². The highest BCUT2D eigenvalue weighted by Gasteiger charge is 2.16. The van der Waals surface area contributed by atoms with Gasteiger partial charge in [-0.25, -0.2) is 0 Å². The van der Waals surface area contributed by atoms with E-state index in [4.69, 9.17) is 0 Å². The van der Waals surface area contributed by atoms with Gasteiger partial charge in [0, 0.05) is 19.2 Å². The van der Waals surface area contributed by atoms with Crippen molar-refractivity contribution in [1.82, 2.24) is 15.1 Å². The van der Waals surface area contributed by atoms with Crippen molar-refractivity contribution in [3.05, 3.63) is 18.0 Å². The van der Waals surface area contributed by atoms with Crippen molar-refractivity contribution < 1.29 is 14.3 Å². The minimum atomic E-state index is -0.163. The van der Waals surface area contributed by atoms with Crippen molar-refractivity contribution in [2.45, 2.75) is 58.4 Å². The first-order valence-electron chi connectivity index (χ1n) is 7.75. The summed E-state index contributed by atoms with van der Waals surface area (Å²) in [4.78, 5) is 22.9. The third-order valence-corrected chi connectivity index (χ3v) is 3.35. The van der Waals surface area contributed by atoms with Gasteiger partial charge in [-0.1, -0.05) is 12.8 Å². The Bertz CT molecular complexity index is 489. The Kier molecular flexibility index (Phi) is 7.08. The average molecular weight is 309 g/mol. The van der Waals surface area contributed by atoms with E-state index in [2.05, 4.69) is 15.2 Å². The number of nitrogens with zero attached hydrogens (tertiary/aromatic N) is 2. The molecule has 0 aromatic carbocycles. The summed E-state index contributed by atoms with van der Waals surface area (Å²) < 4.78 is 6.37. The molecule has 22 heavy (non-hydrogen) atoms. The number of amides is 1. The average Bonchev–Trinajstić information content (AvgIpc) is 2.95. The zero-order chi connectivity index (χ0) is 16.6. The van der Waals surface area contributed by atoms with Crippen LogP contribution in [0.3, 0.4) is 0 Å². The number of unbranched alkanes of at least 4 members (excludes halogenated alkanes) is 3. The largest absolute Gasteiger partial charge is 0.469 e. The second-order valence-corrected chi connectivity index (χ2v) is 6.34. The molecule has 0 unspecified atom stereocenters. The van der Waals surface area contributed by atoms with Crippen molar-refractivity contribution in [3.8, 4) is 0 Å². The van der Waals surface area contributed by atoms with E-state index in [1.165, 1.54) is 7.11 Å². The number of hydrogen-bond donors (Lipinski definition) is 1. The molecule has 6 nitrogen and oxygen atoms in total. The van der Waals surface area contributed by atoms with Gasteiger partial charge in [-0.2, -0.15) is 5.10 Å². The van der Waals surface area contributed by atoms with Crippen LogP contribution in [0.25, 0.3) is 0 Å². The predicted molar refractivity (Wildman–Crippen MR) is 84.7 cm³/mol. The molecular formula is C16H27N3O3. The van der Waals surface area contributed by atoms with E-state index in [1.54, 1.807) is 17.1 Å². The van der Waals surface area contributed by atoms with Crippen LogP contribution in [-0.2, 0) is 15.1 Å². The molecular weight excluding hydrogens is 282 g/mol. The van der Waals surface area contributed by atoms with Gasteiger partial charge in [0.05, 0.1) is 24.4 Å². The number of nitrogens with one attached hydrogen (secondary N) is 1. The van der Waals surface area contributed by atoms with Crippen LogP contribution in [0, 0.1) is 0 Å². The molecule has 1 rings (SSSR count). The van der Waals surface area contributed by atoms with Crippen molar-refractivity contribution in [2.75, 3.05) is 13.7 Å². The topological polar surface area (TPSA) is 73.2 Å². The van der Waals surface area contributed by atoms with Gasteiger partial charge in [-0.3, -0.25) is 14.3 Å². The third-order valence-electron chi connectivity index (χ3n) is 3.35. The monoisotopic (exact) mass is 309 g/mol. The second-order valence-electron chi connectivity index (χ2n) is 6.34. The SMILES string of the molecule is COC(=O)CCCCCCNC(=O)c1cnn(C(C)(C)C)c1. The van der Waals surface area contributed by atoms with Crippen LogP contribution in [0.5, 0.6) is 0 Å². The van der Waals surface area contributed by atoms with Crippen LogP contribution in [0.2, 0.25) is 0 Å². The highest BCUT2D eigenvalue weighted by atomic mass is 16.5. The lowest BCUT2D eigenvalue weighted by Gasteiger charge is -2.18. The van der Waals surface area contributed by atoms with Gasteiger partial charge in [0.15, 0.2) is 0 Å². The van der Waals surface area contributed by atoms with Gasteiger partial charge in [0.25, 0.3) is 5.91 Å². The summed E-state index contributed by atoms with van der Waals surface area (Å²) in [5.41, 5.74) is 0.457. The van der Waals surface area contributed by atoms with Crippen LogP contribution in [-0.4, -0.2) is 35.3 Å². The Morgan fingerprint density at radius 1 is 1.23 bits per heavy atom. The highest BCUT2D eigenvalue weighted by Crippen LogP contribution is 2.13. The molecule has 0 saturated carbocycles. The molecule has 0 aliphatic carbocycles. The summed E-state index contributed by atoms with van der Waals surface area (Å²) in [5, 5.41) is 7.10. The van der Waals surface area contributed by atoms with E-state index in [9.17, 15) is 9.59 Å². The van der Waals surface area contributed by atoms with Crippen LogP contribution < -0.4 is 5.32 Å². The van der Waals surface area contributed by atoms with E-state index in [1.807, 2.05) is 20.8 Å². The Morgan fingerprint density at radius 3 is 2.50 bits per heavy atom. The Hall–Kier alpha value is -1.85. The van der Waals surface area contributed by atoms with Crippen LogP contribution in [0.4, 0.5) is 0 Å². The number of hydrogen-bond acceptors (Lipinski definition) is 4. The lowest BCUT2D eigenvalue weighted by atomic mass is 10.1. The Balaban J connectivity index is 2.18. The molecule has 6 heteroatoms. The lowest BCUT2D eigenvalue weighted by molar-refractivity contribution is -0.140. The standard InChI is InChI=1S/C16H27N3O3/c1-16(2,3)19-12-13(11-18-19)15(21)17-10-8-6-5-7-9-14(20)22-4/h11-12H,5-10H2,1-4H3,(H,17,21). The van der Waals surface area contributed by atoms with Crippen LogP contribution in [0.1, 0.15) is 63.2 Å². The van der Waals surface area contributed by atoms with Crippen molar-refractivity contribution in [1.29, 1.82) is 0 Å². The first-order valence-corrected chi connectivity index (χ1v) is 7.75. The molecule has 1 aromatic rings. The maximum atomic E-state index is 12.0. The molecule has 1 heterocycles. The van der Waals surface area contributed by atoms with Gasteiger partial charge in [-0.15, -0.1) is 0 Å². The molecule has 0 bridgehead atoms. The summed E-state index contributed by atoms with van der Waals surface area (Å²) >= 11 is 0. The van der Waals surface area contributed by atoms with Crippen molar-refractivity contribution in [3.63, 3.8) is 0 Å². The van der Waals surface area contributed by atoms with Gasteiger partial charge in [0.2, 0.25) is 0 Å². The minimum absolute atomic E-state index is 0.0925. The first kappa shape index (κ1) is 18.2. The quantitative estimate of drug-likeness (QED) is 0.591. The molecule has 1 N–H and O–H groups in total. The molecule has 0 aliphatic heterocycles. The van der Waals surface area contributed by atoms with Crippen molar-refractivity contribution in [2.24, 2.45) is 0 Å². The van der Waals surface area contributed by atoms with E-state index < -0.39 is 0 Å². The second kappa shape index (κ2) is 8.56. The fourth-order valence-corrected chi connectivity index (χ4v) is 1.96. The first-order chi connectivity index (χ1) is 10.3. The molecule has 0 atom stereocenters. The zero-order valence-electron chi connectivity index (χ0n) is 14.0. The van der Waals surface area contributed by atoms with Gasteiger partial charge >= 0.3 is 5.97 Å². The normalized spacial score (nSPS) is 11.3. The molecule has 0 aliphatic rings. The summed E-state index contributed by atoms with van der Waals surface area (Å²) in [6.07, 6.45) is 7.52. The van der Waals surface area contributed by atoms with Crippen LogP contribution in [0.15, 0.2) is 12.4 Å². The number of methoxy groups -OCH3 is 1. The van der Waals surface area contributed by atoms with E-state index >= 15 is 0 Å². The number of rotatable bonds is 8. The minimum Gasteiger partial charge on any atom is -0.469 e. The summed E-state index contributed by atoms with van der Waals surface area (Å²) in [6, 6.07) is 0. The fourth-order valence-electron chi connectivity index (χ4n) is 1.96. The number of carbonyl (C=O) groups is 2. The molecule has 0 spiro atoms. The molecule has 0 radical (unpaired) electrons. The molecule has 1 amide bonds. The van der Waals surface area contributed by atoms with Crippen LogP contribution >= 0.6 is 0 Å². The fraction of sp³-hybridized carbons (Fsp3) is 0.688. The Labute approximate surface area is 132 Å². The maximum Gasteiger partial charge on any atom is 0.305 e. The third kappa shape index (κ3) is 6.28. The van der Waals surface area contributed by atoms with Gasteiger partial charge in [-0.05, 0) is 33.6 Å². The van der Waals surface area contributed by atoms with Gasteiger partial charge in [0.1, 0.15) is 0 Å². The summed E-state index contributed by atoms with van der Waals surface area (Å²) in [7, 11) is 1.40. The number of aromatic nitrogens is 2. The maximum absolute atomic E-state index is 12.0. The van der Waals surface area contributed by atoms with Crippen molar-refractivity contribution >= 4 is 11.9 Å². The van der Waals surface area contributed by atoms with Gasteiger partial charge < -0.3 is 10.1 Å². The van der Waals surface area contributed by atoms with E-state index in [0.29, 0.717) is 18.5 Å². The zero-order valence-corrected chi connectivity index (χ0v) is 14.0.